The van der Waals surface area contributed by atoms with Gasteiger partial charge in [0.25, 0.3) is 0 Å². The maximum Gasteiger partial charge on any atom is 0.216 e. The third-order valence-electron chi connectivity index (χ3n) is 2.60. The van der Waals surface area contributed by atoms with Crippen molar-refractivity contribution in [3.05, 3.63) is 41.3 Å². The largest absolute Gasteiger partial charge is 0.399 e. The second-order valence-electron chi connectivity index (χ2n) is 4.38. The minimum absolute atomic E-state index is 0.211. The molecule has 0 saturated heterocycles. The monoisotopic (exact) mass is 302 g/mol. The van der Waals surface area contributed by atoms with Crippen LogP contribution in [0.5, 0.6) is 0 Å². The van der Waals surface area contributed by atoms with Crippen LogP contribution >= 0.6 is 0 Å². The number of nitrogen functional groups attached to an aromatic ring is 1. The van der Waals surface area contributed by atoms with Gasteiger partial charge in [0.1, 0.15) is 0 Å². The average molecular weight is 302 g/mol. The van der Waals surface area contributed by atoms with E-state index in [4.69, 9.17) is 5.73 Å². The van der Waals surface area contributed by atoms with Crippen LogP contribution in [0.4, 0.5) is 5.69 Å². The van der Waals surface area contributed by atoms with Gasteiger partial charge in [0.05, 0.1) is 17.5 Å². The molecule has 8 heteroatoms. The zero-order chi connectivity index (χ0) is 14.1. The van der Waals surface area contributed by atoms with E-state index >= 15 is 0 Å². The fourth-order valence-corrected chi connectivity index (χ4v) is 4.43. The summed E-state index contributed by atoms with van der Waals surface area (Å²) < 4.78 is 48.5. The minimum atomic E-state index is -3.59. The van der Waals surface area contributed by atoms with Crippen LogP contribution in [0.1, 0.15) is 5.56 Å². The predicted molar refractivity (Wildman–Crippen MR) is 73.3 cm³/mol. The van der Waals surface area contributed by atoms with Gasteiger partial charge in [-0.2, -0.15) is 0 Å². The van der Waals surface area contributed by atoms with Crippen molar-refractivity contribution in [1.29, 1.82) is 0 Å². The first kappa shape index (κ1) is 14.0. The molecule has 104 valence electrons. The second kappa shape index (κ2) is 4.95. The molecule has 1 aromatic carbocycles. The molecule has 1 aliphatic heterocycles. The lowest BCUT2D eigenvalue weighted by molar-refractivity contribution is 0.574. The zero-order valence-corrected chi connectivity index (χ0v) is 11.6. The van der Waals surface area contributed by atoms with Crippen LogP contribution in [0, 0.1) is 0 Å². The standard InChI is InChI=1S/C11H14N2O4S2/c12-10-3-1-9(2-4-10)7-19(16,17)13-11-5-6-18(14,15)8-11/h1-6,11,13H,7-8,12H2. The van der Waals surface area contributed by atoms with Gasteiger partial charge in [-0.05, 0) is 17.7 Å². The highest BCUT2D eigenvalue weighted by Crippen LogP contribution is 2.12. The molecule has 0 saturated carbocycles. The van der Waals surface area contributed by atoms with Crippen LogP contribution in [-0.4, -0.2) is 28.6 Å². The highest BCUT2D eigenvalue weighted by molar-refractivity contribution is 7.94. The maximum atomic E-state index is 11.9. The van der Waals surface area contributed by atoms with Crippen molar-refractivity contribution in [3.63, 3.8) is 0 Å². The number of sulfonamides is 1. The normalized spacial score (nSPS) is 21.6. The van der Waals surface area contributed by atoms with Crippen molar-refractivity contribution >= 4 is 25.5 Å². The Morgan fingerprint density at radius 2 is 1.89 bits per heavy atom. The number of sulfone groups is 1. The fourth-order valence-electron chi connectivity index (χ4n) is 1.75. The van der Waals surface area contributed by atoms with Gasteiger partial charge < -0.3 is 5.73 Å². The number of rotatable bonds is 4. The van der Waals surface area contributed by atoms with Crippen molar-refractivity contribution in [2.45, 2.75) is 11.8 Å². The summed E-state index contributed by atoms with van der Waals surface area (Å²) in [4.78, 5) is 0. The van der Waals surface area contributed by atoms with Crippen molar-refractivity contribution in [3.8, 4) is 0 Å². The van der Waals surface area contributed by atoms with Gasteiger partial charge in [-0.3, -0.25) is 0 Å². The molecule has 0 bridgehead atoms. The molecule has 0 radical (unpaired) electrons. The van der Waals surface area contributed by atoms with Crippen molar-refractivity contribution < 1.29 is 16.8 Å². The third-order valence-corrected chi connectivity index (χ3v) is 5.37. The average Bonchev–Trinajstić information content (AvgIpc) is 2.60. The Hall–Kier alpha value is -1.38. The first-order valence-corrected chi connectivity index (χ1v) is 8.88. The Labute approximate surface area is 112 Å². The van der Waals surface area contributed by atoms with Crippen molar-refractivity contribution in [2.75, 3.05) is 11.5 Å². The lowest BCUT2D eigenvalue weighted by Gasteiger charge is -2.10. The Kier molecular flexibility index (Phi) is 3.66. The van der Waals surface area contributed by atoms with Crippen molar-refractivity contribution in [2.24, 2.45) is 0 Å². The third kappa shape index (κ3) is 4.05. The van der Waals surface area contributed by atoms with E-state index in [1.807, 2.05) is 0 Å². The summed E-state index contributed by atoms with van der Waals surface area (Å²) in [6, 6.07) is 5.78. The van der Waals surface area contributed by atoms with E-state index in [1.165, 1.54) is 6.08 Å². The van der Waals surface area contributed by atoms with Crippen LogP contribution in [0.3, 0.4) is 0 Å². The van der Waals surface area contributed by atoms with Gasteiger partial charge >= 0.3 is 0 Å². The van der Waals surface area contributed by atoms with Gasteiger partial charge in [0.15, 0.2) is 9.84 Å². The van der Waals surface area contributed by atoms with Crippen LogP contribution in [0.15, 0.2) is 35.7 Å². The van der Waals surface area contributed by atoms with Crippen LogP contribution in [-0.2, 0) is 25.6 Å². The summed E-state index contributed by atoms with van der Waals surface area (Å²) in [5, 5.41) is 1.03. The first-order valence-electron chi connectivity index (χ1n) is 5.51. The van der Waals surface area contributed by atoms with E-state index in [2.05, 4.69) is 4.72 Å². The molecule has 0 fully saturated rings. The highest BCUT2D eigenvalue weighted by atomic mass is 32.2. The van der Waals surface area contributed by atoms with Gasteiger partial charge in [0, 0.05) is 11.1 Å². The minimum Gasteiger partial charge on any atom is -0.399 e. The van der Waals surface area contributed by atoms with Gasteiger partial charge in [0.2, 0.25) is 10.0 Å². The smallest absolute Gasteiger partial charge is 0.216 e. The lowest BCUT2D eigenvalue weighted by atomic mass is 10.2. The summed E-state index contributed by atoms with van der Waals surface area (Å²) in [6.07, 6.45) is 1.34. The second-order valence-corrected chi connectivity index (χ2v) is 8.07. The molecule has 0 aromatic heterocycles. The molecule has 1 unspecified atom stereocenters. The molecule has 6 nitrogen and oxygen atoms in total. The molecule has 1 atom stereocenters. The van der Waals surface area contributed by atoms with E-state index in [9.17, 15) is 16.8 Å². The SMILES string of the molecule is Nc1ccc(CS(=O)(=O)NC2C=CS(=O)(=O)C2)cc1. The van der Waals surface area contributed by atoms with Crippen LogP contribution in [0.25, 0.3) is 0 Å². The van der Waals surface area contributed by atoms with E-state index in [0.29, 0.717) is 11.3 Å². The van der Waals surface area contributed by atoms with Gasteiger partial charge in [-0.15, -0.1) is 0 Å². The lowest BCUT2D eigenvalue weighted by Crippen LogP contribution is -2.36. The Morgan fingerprint density at radius 3 is 2.42 bits per heavy atom. The number of nitrogens with one attached hydrogen (secondary N) is 1. The number of benzene rings is 1. The molecule has 1 aliphatic rings. The van der Waals surface area contributed by atoms with Crippen LogP contribution < -0.4 is 10.5 Å². The number of nitrogens with two attached hydrogens (primary N) is 1. The van der Waals surface area contributed by atoms with Gasteiger partial charge in [-0.1, -0.05) is 18.2 Å². The summed E-state index contributed by atoms with van der Waals surface area (Å²) in [7, 11) is -6.86. The van der Waals surface area contributed by atoms with E-state index < -0.39 is 25.9 Å². The summed E-state index contributed by atoms with van der Waals surface area (Å²) >= 11 is 0. The van der Waals surface area contributed by atoms with Crippen molar-refractivity contribution in [1.82, 2.24) is 4.72 Å². The Balaban J connectivity index is 2.04. The fraction of sp³-hybridized carbons (Fsp3) is 0.273. The number of hydrogen-bond acceptors (Lipinski definition) is 5. The van der Waals surface area contributed by atoms with Gasteiger partial charge in [-0.25, -0.2) is 21.6 Å². The summed E-state index contributed by atoms with van der Waals surface area (Å²) in [5.74, 6) is -0.439. The molecule has 0 amide bonds. The number of hydrogen-bond donors (Lipinski definition) is 2. The topological polar surface area (TPSA) is 106 Å². The maximum absolute atomic E-state index is 11.9. The van der Waals surface area contributed by atoms with Crippen LogP contribution in [0.2, 0.25) is 0 Å². The molecule has 0 aliphatic carbocycles. The van der Waals surface area contributed by atoms with E-state index in [-0.39, 0.29) is 11.5 Å². The quantitative estimate of drug-likeness (QED) is 0.761. The predicted octanol–water partition coefficient (Wildman–Crippen LogP) is -0.00110. The molecule has 0 spiro atoms. The Bertz CT molecular complexity index is 691. The molecular weight excluding hydrogens is 288 g/mol. The molecular formula is C11H14N2O4S2. The molecule has 3 N–H and O–H groups in total. The van der Waals surface area contributed by atoms with E-state index in [1.54, 1.807) is 24.3 Å². The summed E-state index contributed by atoms with van der Waals surface area (Å²) in [6.45, 7) is 0. The molecule has 1 heterocycles. The molecule has 2 rings (SSSR count). The van der Waals surface area contributed by atoms with E-state index in [0.717, 1.165) is 5.41 Å². The summed E-state index contributed by atoms with van der Waals surface area (Å²) in [5.41, 5.74) is 6.66. The number of anilines is 1. The molecule has 19 heavy (non-hydrogen) atoms. The first-order chi connectivity index (χ1) is 8.76. The zero-order valence-electron chi connectivity index (χ0n) is 9.98. The Morgan fingerprint density at radius 1 is 1.26 bits per heavy atom. The molecule has 1 aromatic rings. The highest BCUT2D eigenvalue weighted by Gasteiger charge is 2.25.